The van der Waals surface area contributed by atoms with E-state index in [2.05, 4.69) is 10.2 Å². The van der Waals surface area contributed by atoms with Gasteiger partial charge in [-0.3, -0.25) is 0 Å². The summed E-state index contributed by atoms with van der Waals surface area (Å²) in [6, 6.07) is 15.6. The number of carbonyl (C=O) groups excluding carboxylic acids is 1. The van der Waals surface area contributed by atoms with Crippen LogP contribution in [0.1, 0.15) is 38.0 Å². The molecule has 0 fully saturated rings. The third kappa shape index (κ3) is 6.65. The molecule has 0 radical (unpaired) electrons. The molecule has 1 heterocycles. The molecule has 32 heavy (non-hydrogen) atoms. The summed E-state index contributed by atoms with van der Waals surface area (Å²) in [5, 5.41) is 3.40. The number of benzene rings is 2. The summed E-state index contributed by atoms with van der Waals surface area (Å²) in [7, 11) is 0. The molecule has 0 aliphatic heterocycles. The average molecular weight is 456 g/mol. The first kappa shape index (κ1) is 23.5. The topological polar surface area (TPSA) is 85.0 Å². The van der Waals surface area contributed by atoms with Crippen molar-refractivity contribution in [3.05, 3.63) is 81.9 Å². The molecule has 3 rings (SSSR count). The molecule has 0 saturated heterocycles. The van der Waals surface area contributed by atoms with E-state index in [0.29, 0.717) is 36.2 Å². The minimum absolute atomic E-state index is 0.0744. The largest absolute Gasteiger partial charge is 0.444 e. The molecule has 1 aromatic heterocycles. The van der Waals surface area contributed by atoms with Crippen molar-refractivity contribution >= 4 is 17.7 Å². The zero-order chi connectivity index (χ0) is 23.1. The van der Waals surface area contributed by atoms with Gasteiger partial charge in [-0.05, 0) is 38.0 Å². The Bertz CT molecular complexity index is 1060. The molecular formula is C24H26ClN3O4. The quantitative estimate of drug-likeness (QED) is 0.375. The van der Waals surface area contributed by atoms with E-state index in [0.717, 1.165) is 16.7 Å². The first-order valence-electron chi connectivity index (χ1n) is 10.3. The van der Waals surface area contributed by atoms with E-state index < -0.39 is 11.7 Å². The lowest BCUT2D eigenvalue weighted by Gasteiger charge is -2.27. The van der Waals surface area contributed by atoms with Crippen LogP contribution in [0.15, 0.2) is 64.3 Å². The highest BCUT2D eigenvalue weighted by Gasteiger charge is 2.23. The lowest BCUT2D eigenvalue weighted by Crippen LogP contribution is -2.37. The minimum Gasteiger partial charge on any atom is -0.444 e. The van der Waals surface area contributed by atoms with Gasteiger partial charge in [0.05, 0.1) is 6.20 Å². The van der Waals surface area contributed by atoms with Gasteiger partial charge in [-0.25, -0.2) is 9.78 Å². The SMILES string of the molecule is CC(C)(C)OC(=O)N(CCc1ncc(CN=O)o1)Cc1ccc(-c2ccccc2)c(Cl)c1. The second kappa shape index (κ2) is 10.4. The first-order chi connectivity index (χ1) is 15.2. The van der Waals surface area contributed by atoms with Crippen molar-refractivity contribution in [1.82, 2.24) is 9.88 Å². The molecule has 2 aromatic carbocycles. The molecule has 8 heteroatoms. The number of hydrogen-bond donors (Lipinski definition) is 0. The van der Waals surface area contributed by atoms with E-state index in [-0.39, 0.29) is 6.54 Å². The Morgan fingerprint density at radius 3 is 2.59 bits per heavy atom. The third-order valence-electron chi connectivity index (χ3n) is 4.56. The van der Waals surface area contributed by atoms with E-state index in [1.54, 1.807) is 4.90 Å². The molecule has 0 unspecified atom stereocenters. The molecule has 0 spiro atoms. The fourth-order valence-electron chi connectivity index (χ4n) is 3.12. The van der Waals surface area contributed by atoms with Crippen LogP contribution in [0.4, 0.5) is 4.79 Å². The van der Waals surface area contributed by atoms with E-state index in [9.17, 15) is 9.70 Å². The first-order valence-corrected chi connectivity index (χ1v) is 10.7. The number of hydrogen-bond acceptors (Lipinski definition) is 6. The van der Waals surface area contributed by atoms with E-state index in [1.807, 2.05) is 69.3 Å². The predicted molar refractivity (Wildman–Crippen MR) is 123 cm³/mol. The maximum atomic E-state index is 12.8. The van der Waals surface area contributed by atoms with Crippen LogP contribution >= 0.6 is 11.6 Å². The molecular weight excluding hydrogens is 430 g/mol. The fraction of sp³-hybridized carbons (Fsp3) is 0.333. The van der Waals surface area contributed by atoms with E-state index in [1.165, 1.54) is 6.20 Å². The van der Waals surface area contributed by atoms with Crippen LogP contribution in [-0.4, -0.2) is 28.1 Å². The van der Waals surface area contributed by atoms with Crippen LogP contribution in [0.2, 0.25) is 5.02 Å². The Morgan fingerprint density at radius 1 is 1.19 bits per heavy atom. The van der Waals surface area contributed by atoms with Gasteiger partial charge >= 0.3 is 6.09 Å². The summed E-state index contributed by atoms with van der Waals surface area (Å²) in [5.41, 5.74) is 2.20. The van der Waals surface area contributed by atoms with Crippen molar-refractivity contribution in [3.63, 3.8) is 0 Å². The monoisotopic (exact) mass is 455 g/mol. The van der Waals surface area contributed by atoms with Gasteiger partial charge in [0.1, 0.15) is 17.9 Å². The zero-order valence-corrected chi connectivity index (χ0v) is 19.1. The summed E-state index contributed by atoms with van der Waals surface area (Å²) in [5.74, 6) is 0.816. The van der Waals surface area contributed by atoms with E-state index in [4.69, 9.17) is 20.8 Å². The smallest absolute Gasteiger partial charge is 0.410 e. The minimum atomic E-state index is -0.629. The fourth-order valence-corrected chi connectivity index (χ4v) is 3.43. The number of oxazole rings is 1. The summed E-state index contributed by atoms with van der Waals surface area (Å²) < 4.78 is 11.1. The Hall–Kier alpha value is -3.19. The Morgan fingerprint density at radius 2 is 1.94 bits per heavy atom. The lowest BCUT2D eigenvalue weighted by atomic mass is 10.0. The number of nitroso groups, excluding NO2 is 1. The van der Waals surface area contributed by atoms with Gasteiger partial charge < -0.3 is 14.1 Å². The number of aromatic nitrogens is 1. The van der Waals surface area contributed by atoms with Crippen molar-refractivity contribution in [2.45, 2.75) is 45.9 Å². The molecule has 0 aliphatic carbocycles. The standard InChI is InChI=1S/C24H26ClN3O4/c1-24(2,3)32-23(29)28(12-11-22-26-14-19(31-22)15-27-30)16-17-9-10-20(21(25)13-17)18-7-5-4-6-8-18/h4-10,13-14H,11-12,15-16H2,1-3H3. The van der Waals surface area contributed by atoms with Crippen molar-refractivity contribution < 1.29 is 13.9 Å². The average Bonchev–Trinajstić information content (AvgIpc) is 3.18. The van der Waals surface area contributed by atoms with Crippen LogP contribution in [-0.2, 0) is 24.2 Å². The molecule has 0 atom stereocenters. The van der Waals surface area contributed by atoms with Crippen LogP contribution in [0.25, 0.3) is 11.1 Å². The van der Waals surface area contributed by atoms with Crippen molar-refractivity contribution in [1.29, 1.82) is 0 Å². The Balaban J connectivity index is 1.76. The molecule has 0 bridgehead atoms. The van der Waals surface area contributed by atoms with Gasteiger partial charge in [-0.1, -0.05) is 59.2 Å². The summed E-state index contributed by atoms with van der Waals surface area (Å²) >= 11 is 6.54. The number of amides is 1. The van der Waals surface area contributed by atoms with E-state index >= 15 is 0 Å². The second-order valence-electron chi connectivity index (χ2n) is 8.34. The van der Waals surface area contributed by atoms with Gasteiger partial charge in [-0.15, -0.1) is 0 Å². The molecule has 3 aromatic rings. The van der Waals surface area contributed by atoms with Crippen LogP contribution in [0.5, 0.6) is 0 Å². The molecule has 0 saturated carbocycles. The Kier molecular flexibility index (Phi) is 7.64. The van der Waals surface area contributed by atoms with Gasteiger partial charge in [0, 0.05) is 30.1 Å². The van der Waals surface area contributed by atoms with Crippen LogP contribution < -0.4 is 0 Å². The molecule has 0 N–H and O–H groups in total. The maximum Gasteiger partial charge on any atom is 0.410 e. The number of nitrogens with zero attached hydrogens (tertiary/aromatic N) is 3. The van der Waals surface area contributed by atoms with Gasteiger partial charge in [0.15, 0.2) is 5.89 Å². The Labute approximate surface area is 192 Å². The molecule has 7 nitrogen and oxygen atoms in total. The summed E-state index contributed by atoms with van der Waals surface area (Å²) in [6.45, 7) is 6.02. The normalized spacial score (nSPS) is 11.2. The highest BCUT2D eigenvalue weighted by molar-refractivity contribution is 6.33. The van der Waals surface area contributed by atoms with Crippen molar-refractivity contribution in [2.24, 2.45) is 5.18 Å². The summed E-state index contributed by atoms with van der Waals surface area (Å²) in [6.07, 6.45) is 1.40. The van der Waals surface area contributed by atoms with Gasteiger partial charge in [0.25, 0.3) is 0 Å². The maximum absolute atomic E-state index is 12.8. The third-order valence-corrected chi connectivity index (χ3v) is 4.87. The number of halogens is 1. The van der Waals surface area contributed by atoms with Gasteiger partial charge in [0.2, 0.25) is 0 Å². The lowest BCUT2D eigenvalue weighted by molar-refractivity contribution is 0.0233. The summed E-state index contributed by atoms with van der Waals surface area (Å²) in [4.78, 5) is 29.0. The van der Waals surface area contributed by atoms with Crippen molar-refractivity contribution in [3.8, 4) is 11.1 Å². The van der Waals surface area contributed by atoms with Gasteiger partial charge in [-0.2, -0.15) is 4.91 Å². The predicted octanol–water partition coefficient (Wildman–Crippen LogP) is 6.24. The molecule has 1 amide bonds. The number of ether oxygens (including phenoxy) is 1. The van der Waals surface area contributed by atoms with Crippen LogP contribution in [0, 0.1) is 4.91 Å². The molecule has 168 valence electrons. The number of carbonyl (C=O) groups is 1. The highest BCUT2D eigenvalue weighted by Crippen LogP contribution is 2.29. The van der Waals surface area contributed by atoms with Crippen molar-refractivity contribution in [2.75, 3.05) is 6.54 Å². The second-order valence-corrected chi connectivity index (χ2v) is 8.75. The molecule has 0 aliphatic rings. The van der Waals surface area contributed by atoms with Crippen LogP contribution in [0.3, 0.4) is 0 Å². The zero-order valence-electron chi connectivity index (χ0n) is 18.4. The highest BCUT2D eigenvalue weighted by atomic mass is 35.5. The number of rotatable bonds is 8.